The Balaban J connectivity index is 3.34. The standard InChI is InChI=1S/C7H4I3/c1-4-2-3-5(8)7(10)6(4)9/h2-3H,1H2. The van der Waals surface area contributed by atoms with Gasteiger partial charge in [-0.05, 0) is 86.3 Å². The van der Waals surface area contributed by atoms with Gasteiger partial charge in [-0.1, -0.05) is 6.07 Å². The maximum Gasteiger partial charge on any atom is 0.0400 e. The summed E-state index contributed by atoms with van der Waals surface area (Å²) in [5.74, 6) is 0. The molecule has 0 unspecified atom stereocenters. The Morgan fingerprint density at radius 1 is 1.00 bits per heavy atom. The van der Waals surface area contributed by atoms with E-state index >= 15 is 0 Å². The number of halogens is 3. The second-order valence-electron chi connectivity index (χ2n) is 1.83. The molecule has 0 aliphatic rings. The molecule has 0 amide bonds. The van der Waals surface area contributed by atoms with Crippen LogP contribution in [-0.2, 0) is 0 Å². The lowest BCUT2D eigenvalue weighted by Crippen LogP contribution is -1.87. The first-order valence-electron chi connectivity index (χ1n) is 2.58. The fourth-order valence-corrected chi connectivity index (χ4v) is 2.53. The first kappa shape index (κ1) is 9.50. The van der Waals surface area contributed by atoms with E-state index in [0.717, 1.165) is 5.56 Å². The van der Waals surface area contributed by atoms with Crippen LogP contribution < -0.4 is 0 Å². The number of hydrogen-bond donors (Lipinski definition) is 0. The zero-order valence-corrected chi connectivity index (χ0v) is 11.5. The summed E-state index contributed by atoms with van der Waals surface area (Å²) in [5, 5.41) is 0. The van der Waals surface area contributed by atoms with Crippen molar-refractivity contribution in [1.82, 2.24) is 0 Å². The molecule has 0 bridgehead atoms. The summed E-state index contributed by atoms with van der Waals surface area (Å²) in [6.45, 7) is 3.91. The monoisotopic (exact) mass is 469 g/mol. The molecule has 0 heterocycles. The number of benzene rings is 1. The third-order valence-electron chi connectivity index (χ3n) is 1.12. The quantitative estimate of drug-likeness (QED) is 0.402. The van der Waals surface area contributed by atoms with Crippen LogP contribution in [0.3, 0.4) is 0 Å². The maximum atomic E-state index is 3.91. The topological polar surface area (TPSA) is 0 Å². The van der Waals surface area contributed by atoms with Crippen molar-refractivity contribution < 1.29 is 0 Å². The molecule has 10 heavy (non-hydrogen) atoms. The highest BCUT2D eigenvalue weighted by Gasteiger charge is 2.02. The molecule has 0 saturated carbocycles. The van der Waals surface area contributed by atoms with Gasteiger partial charge in [-0.3, -0.25) is 0 Å². The van der Waals surface area contributed by atoms with Crippen molar-refractivity contribution in [2.24, 2.45) is 0 Å². The molecule has 1 radical (unpaired) electrons. The van der Waals surface area contributed by atoms with E-state index in [2.05, 4.69) is 80.8 Å². The van der Waals surface area contributed by atoms with Crippen LogP contribution in [-0.4, -0.2) is 0 Å². The van der Waals surface area contributed by atoms with Gasteiger partial charge < -0.3 is 0 Å². The second-order valence-corrected chi connectivity index (χ2v) is 5.15. The summed E-state index contributed by atoms with van der Waals surface area (Å²) in [7, 11) is 0. The summed E-state index contributed by atoms with van der Waals surface area (Å²) in [6, 6.07) is 4.14. The van der Waals surface area contributed by atoms with E-state index in [-0.39, 0.29) is 0 Å². The zero-order valence-electron chi connectivity index (χ0n) is 5.00. The van der Waals surface area contributed by atoms with Crippen molar-refractivity contribution in [3.8, 4) is 0 Å². The SMILES string of the molecule is [CH2]c1ccc(I)c(I)c1I. The molecule has 0 fully saturated rings. The Bertz CT molecular complexity index is 228. The molecule has 3 heteroatoms. The van der Waals surface area contributed by atoms with Crippen LogP contribution in [0.5, 0.6) is 0 Å². The average Bonchev–Trinajstić information content (AvgIpc) is 1.93. The normalized spacial score (nSPS) is 10.0. The predicted molar refractivity (Wildman–Crippen MR) is 69.1 cm³/mol. The molecule has 1 rings (SSSR count). The van der Waals surface area contributed by atoms with E-state index in [1.807, 2.05) is 6.07 Å². The maximum absolute atomic E-state index is 3.91. The van der Waals surface area contributed by atoms with Gasteiger partial charge in [-0.25, -0.2) is 0 Å². The summed E-state index contributed by atoms with van der Waals surface area (Å²) < 4.78 is 3.88. The Morgan fingerprint density at radius 3 is 2.10 bits per heavy atom. The molecule has 0 spiro atoms. The van der Waals surface area contributed by atoms with Crippen LogP contribution in [0.25, 0.3) is 0 Å². The Morgan fingerprint density at radius 2 is 1.60 bits per heavy atom. The van der Waals surface area contributed by atoms with Gasteiger partial charge in [0.05, 0.1) is 0 Å². The van der Waals surface area contributed by atoms with E-state index in [1.54, 1.807) is 0 Å². The van der Waals surface area contributed by atoms with Crippen molar-refractivity contribution in [1.29, 1.82) is 0 Å². The van der Waals surface area contributed by atoms with E-state index in [4.69, 9.17) is 0 Å². The molecule has 0 aliphatic carbocycles. The lowest BCUT2D eigenvalue weighted by molar-refractivity contribution is 1.47. The van der Waals surface area contributed by atoms with Gasteiger partial charge in [0.25, 0.3) is 0 Å². The molecular weight excluding hydrogens is 465 g/mol. The first-order valence-corrected chi connectivity index (χ1v) is 5.82. The molecule has 0 nitrogen and oxygen atoms in total. The fraction of sp³-hybridized carbons (Fsp3) is 0. The van der Waals surface area contributed by atoms with Crippen LogP contribution in [0.2, 0.25) is 0 Å². The average molecular weight is 469 g/mol. The summed E-state index contributed by atoms with van der Waals surface area (Å²) >= 11 is 6.99. The largest absolute Gasteiger partial charge is 0.0568 e. The number of rotatable bonds is 0. The molecule has 53 valence electrons. The highest BCUT2D eigenvalue weighted by atomic mass is 127. The molecule has 0 aliphatic heterocycles. The third kappa shape index (κ3) is 1.96. The molecule has 0 saturated heterocycles. The van der Waals surface area contributed by atoms with E-state index < -0.39 is 0 Å². The molecule has 1 aromatic rings. The van der Waals surface area contributed by atoms with Gasteiger partial charge in [-0.15, -0.1) is 0 Å². The van der Waals surface area contributed by atoms with Crippen LogP contribution in [0.1, 0.15) is 5.56 Å². The van der Waals surface area contributed by atoms with E-state index in [9.17, 15) is 0 Å². The van der Waals surface area contributed by atoms with Gasteiger partial charge in [-0.2, -0.15) is 0 Å². The highest BCUT2D eigenvalue weighted by Crippen LogP contribution is 2.23. The summed E-state index contributed by atoms with van der Waals surface area (Å²) in [4.78, 5) is 0. The number of hydrogen-bond acceptors (Lipinski definition) is 0. The highest BCUT2D eigenvalue weighted by molar-refractivity contribution is 14.1. The lowest BCUT2D eigenvalue weighted by Gasteiger charge is -2.01. The van der Waals surface area contributed by atoms with E-state index in [1.165, 1.54) is 10.7 Å². The van der Waals surface area contributed by atoms with Crippen LogP contribution in [0, 0.1) is 17.6 Å². The second kappa shape index (κ2) is 3.88. The molecule has 0 aromatic heterocycles. The minimum Gasteiger partial charge on any atom is -0.0568 e. The Kier molecular flexibility index (Phi) is 3.69. The lowest BCUT2D eigenvalue weighted by atomic mass is 10.2. The van der Waals surface area contributed by atoms with Crippen molar-refractivity contribution in [2.75, 3.05) is 0 Å². The van der Waals surface area contributed by atoms with Crippen molar-refractivity contribution in [2.45, 2.75) is 0 Å². The van der Waals surface area contributed by atoms with Crippen molar-refractivity contribution in [3.05, 3.63) is 35.3 Å². The van der Waals surface area contributed by atoms with Gasteiger partial charge >= 0.3 is 0 Å². The van der Waals surface area contributed by atoms with Gasteiger partial charge in [0.15, 0.2) is 0 Å². The molecule has 0 N–H and O–H groups in total. The Labute approximate surface area is 102 Å². The minimum atomic E-state index is 1.12. The molecular formula is C7H4I3. The van der Waals surface area contributed by atoms with Crippen LogP contribution in [0.15, 0.2) is 12.1 Å². The summed E-state index contributed by atoms with van der Waals surface area (Å²) in [5.41, 5.74) is 1.12. The summed E-state index contributed by atoms with van der Waals surface area (Å²) in [6.07, 6.45) is 0. The van der Waals surface area contributed by atoms with Crippen LogP contribution >= 0.6 is 67.8 Å². The predicted octanol–water partition coefficient (Wildman–Crippen LogP) is 3.68. The van der Waals surface area contributed by atoms with Gasteiger partial charge in [0.2, 0.25) is 0 Å². The Hall–Kier alpha value is 1.41. The first-order chi connectivity index (χ1) is 4.63. The van der Waals surface area contributed by atoms with Gasteiger partial charge in [0.1, 0.15) is 0 Å². The zero-order chi connectivity index (χ0) is 7.72. The van der Waals surface area contributed by atoms with Gasteiger partial charge in [0, 0.05) is 10.7 Å². The molecule has 1 aromatic carbocycles. The van der Waals surface area contributed by atoms with E-state index in [0.29, 0.717) is 0 Å². The van der Waals surface area contributed by atoms with Crippen molar-refractivity contribution in [3.63, 3.8) is 0 Å². The fourth-order valence-electron chi connectivity index (χ4n) is 0.566. The third-order valence-corrected chi connectivity index (χ3v) is 6.43. The smallest absolute Gasteiger partial charge is 0.0400 e. The minimum absolute atomic E-state index is 1.12. The van der Waals surface area contributed by atoms with Crippen molar-refractivity contribution >= 4 is 67.8 Å². The van der Waals surface area contributed by atoms with Crippen LogP contribution in [0.4, 0.5) is 0 Å². The molecule has 0 atom stereocenters.